The maximum atomic E-state index is 12.0. The fourth-order valence-electron chi connectivity index (χ4n) is 2.62. The summed E-state index contributed by atoms with van der Waals surface area (Å²) >= 11 is 0. The van der Waals surface area contributed by atoms with E-state index in [-0.39, 0.29) is 18.1 Å². The Morgan fingerprint density at radius 1 is 1.04 bits per heavy atom. The minimum atomic E-state index is -1.05. The Hall–Kier alpha value is -2.30. The standard InChI is InChI=1S/C20H29NO4/c1-2-3-4-5-6-7-8-9-10-19(23)21-18(20(24)25)15-16-11-13-17(22)14-12-16/h2,11-14,18,22H,1,3-10,15H2,(H,21,23)(H,24,25)/t18-/m0/s1. The molecule has 138 valence electrons. The highest BCUT2D eigenvalue weighted by molar-refractivity contribution is 5.83. The van der Waals surface area contributed by atoms with Gasteiger partial charge in [0, 0.05) is 12.8 Å². The molecule has 0 spiro atoms. The first kappa shape index (κ1) is 20.7. The van der Waals surface area contributed by atoms with Crippen molar-refractivity contribution in [1.29, 1.82) is 0 Å². The van der Waals surface area contributed by atoms with Crippen molar-refractivity contribution in [2.24, 2.45) is 0 Å². The van der Waals surface area contributed by atoms with Crippen LogP contribution in [-0.4, -0.2) is 28.1 Å². The lowest BCUT2D eigenvalue weighted by Gasteiger charge is -2.14. The number of aliphatic carboxylic acids is 1. The lowest BCUT2D eigenvalue weighted by Crippen LogP contribution is -2.42. The number of hydrogen-bond acceptors (Lipinski definition) is 3. The number of carbonyl (C=O) groups excluding carboxylic acids is 1. The largest absolute Gasteiger partial charge is 0.508 e. The van der Waals surface area contributed by atoms with Gasteiger partial charge in [-0.2, -0.15) is 0 Å². The van der Waals surface area contributed by atoms with Crippen molar-refractivity contribution in [1.82, 2.24) is 5.32 Å². The zero-order valence-corrected chi connectivity index (χ0v) is 14.7. The number of carbonyl (C=O) groups is 2. The predicted molar refractivity (Wildman–Crippen MR) is 98.5 cm³/mol. The fourth-order valence-corrected chi connectivity index (χ4v) is 2.62. The van der Waals surface area contributed by atoms with Gasteiger partial charge in [-0.1, -0.05) is 43.9 Å². The molecule has 0 aliphatic carbocycles. The number of aromatic hydroxyl groups is 1. The Bertz CT molecular complexity index is 539. The first-order valence-electron chi connectivity index (χ1n) is 8.94. The lowest BCUT2D eigenvalue weighted by molar-refractivity contribution is -0.141. The fraction of sp³-hybridized carbons (Fsp3) is 0.500. The molecular formula is C20H29NO4. The van der Waals surface area contributed by atoms with Crippen LogP contribution in [0.25, 0.3) is 0 Å². The summed E-state index contributed by atoms with van der Waals surface area (Å²) < 4.78 is 0. The average Bonchev–Trinajstić information content (AvgIpc) is 2.58. The van der Waals surface area contributed by atoms with Crippen molar-refractivity contribution < 1.29 is 19.8 Å². The van der Waals surface area contributed by atoms with E-state index >= 15 is 0 Å². The number of allylic oxidation sites excluding steroid dienone is 1. The molecule has 0 aliphatic rings. The number of phenolic OH excluding ortho intramolecular Hbond substituents is 1. The lowest BCUT2D eigenvalue weighted by atomic mass is 10.0. The predicted octanol–water partition coefficient (Wildman–Crippen LogP) is 3.81. The molecule has 1 atom stereocenters. The summed E-state index contributed by atoms with van der Waals surface area (Å²) in [7, 11) is 0. The van der Waals surface area contributed by atoms with Crippen LogP contribution in [0, 0.1) is 0 Å². The Labute approximate surface area is 149 Å². The summed E-state index contributed by atoms with van der Waals surface area (Å²) in [6.07, 6.45) is 9.91. The van der Waals surface area contributed by atoms with Gasteiger partial charge in [0.2, 0.25) is 5.91 Å². The van der Waals surface area contributed by atoms with Crippen molar-refractivity contribution in [3.8, 4) is 5.75 Å². The third-order valence-electron chi connectivity index (χ3n) is 4.07. The number of phenols is 1. The van der Waals surface area contributed by atoms with Gasteiger partial charge in [-0.25, -0.2) is 4.79 Å². The molecular weight excluding hydrogens is 318 g/mol. The van der Waals surface area contributed by atoms with Crippen molar-refractivity contribution in [3.05, 3.63) is 42.5 Å². The molecule has 1 aromatic carbocycles. The van der Waals surface area contributed by atoms with E-state index in [9.17, 15) is 19.8 Å². The van der Waals surface area contributed by atoms with E-state index in [2.05, 4.69) is 11.9 Å². The summed E-state index contributed by atoms with van der Waals surface area (Å²) in [6, 6.07) is 5.38. The minimum Gasteiger partial charge on any atom is -0.508 e. The number of rotatable bonds is 13. The third-order valence-corrected chi connectivity index (χ3v) is 4.07. The van der Waals surface area contributed by atoms with E-state index in [1.807, 2.05) is 6.08 Å². The Morgan fingerprint density at radius 3 is 2.24 bits per heavy atom. The van der Waals surface area contributed by atoms with E-state index in [0.717, 1.165) is 37.7 Å². The van der Waals surface area contributed by atoms with Crippen molar-refractivity contribution in [3.63, 3.8) is 0 Å². The number of unbranched alkanes of at least 4 members (excludes halogenated alkanes) is 6. The van der Waals surface area contributed by atoms with E-state index in [1.165, 1.54) is 25.0 Å². The zero-order chi connectivity index (χ0) is 18.5. The van der Waals surface area contributed by atoms with Gasteiger partial charge in [-0.15, -0.1) is 6.58 Å². The molecule has 5 heteroatoms. The molecule has 3 N–H and O–H groups in total. The summed E-state index contributed by atoms with van der Waals surface area (Å²) in [5, 5.41) is 21.1. The number of carboxylic acid groups (broad SMARTS) is 1. The SMILES string of the molecule is C=CCCCCCCCCC(=O)N[C@@H](Cc1ccc(O)cc1)C(=O)O. The van der Waals surface area contributed by atoms with Gasteiger partial charge in [0.1, 0.15) is 11.8 Å². The van der Waals surface area contributed by atoms with E-state index in [4.69, 9.17) is 0 Å². The number of amides is 1. The van der Waals surface area contributed by atoms with Gasteiger partial charge in [-0.3, -0.25) is 4.79 Å². The second-order valence-electron chi connectivity index (χ2n) is 6.28. The van der Waals surface area contributed by atoms with Gasteiger partial charge in [0.25, 0.3) is 0 Å². The van der Waals surface area contributed by atoms with E-state index in [0.29, 0.717) is 6.42 Å². The quantitative estimate of drug-likeness (QED) is 0.374. The molecule has 0 saturated carbocycles. The van der Waals surface area contributed by atoms with Crippen LogP contribution in [0.2, 0.25) is 0 Å². The van der Waals surface area contributed by atoms with Crippen LogP contribution in [0.4, 0.5) is 0 Å². The molecule has 0 aliphatic heterocycles. The molecule has 0 heterocycles. The summed E-state index contributed by atoms with van der Waals surface area (Å²) in [4.78, 5) is 23.3. The highest BCUT2D eigenvalue weighted by Crippen LogP contribution is 2.12. The van der Waals surface area contributed by atoms with Crippen LogP contribution in [-0.2, 0) is 16.0 Å². The molecule has 0 bridgehead atoms. The third kappa shape index (κ3) is 9.55. The number of carboxylic acids is 1. The molecule has 1 amide bonds. The van der Waals surface area contributed by atoms with Gasteiger partial charge >= 0.3 is 5.97 Å². The maximum absolute atomic E-state index is 12.0. The average molecular weight is 347 g/mol. The van der Waals surface area contributed by atoms with Crippen molar-refractivity contribution in [2.45, 2.75) is 63.8 Å². The number of nitrogens with one attached hydrogen (secondary N) is 1. The van der Waals surface area contributed by atoms with Crippen LogP contribution in [0.15, 0.2) is 36.9 Å². The molecule has 0 radical (unpaired) electrons. The molecule has 0 saturated heterocycles. The number of hydrogen-bond donors (Lipinski definition) is 3. The topological polar surface area (TPSA) is 86.6 Å². The van der Waals surface area contributed by atoms with Crippen molar-refractivity contribution >= 4 is 11.9 Å². The van der Waals surface area contributed by atoms with Crippen LogP contribution < -0.4 is 5.32 Å². The molecule has 5 nitrogen and oxygen atoms in total. The van der Waals surface area contributed by atoms with Crippen LogP contribution in [0.1, 0.15) is 56.9 Å². The molecule has 1 aromatic rings. The Kier molecular flexibility index (Phi) is 10.1. The second kappa shape index (κ2) is 12.1. The maximum Gasteiger partial charge on any atom is 0.326 e. The smallest absolute Gasteiger partial charge is 0.326 e. The van der Waals surface area contributed by atoms with Gasteiger partial charge in [0.15, 0.2) is 0 Å². The zero-order valence-electron chi connectivity index (χ0n) is 14.7. The highest BCUT2D eigenvalue weighted by Gasteiger charge is 2.20. The molecule has 0 unspecified atom stereocenters. The van der Waals surface area contributed by atoms with Crippen LogP contribution in [0.3, 0.4) is 0 Å². The van der Waals surface area contributed by atoms with E-state index < -0.39 is 12.0 Å². The summed E-state index contributed by atoms with van der Waals surface area (Å²) in [6.45, 7) is 3.70. The van der Waals surface area contributed by atoms with Gasteiger partial charge < -0.3 is 15.5 Å². The molecule has 0 fully saturated rings. The second-order valence-corrected chi connectivity index (χ2v) is 6.28. The van der Waals surface area contributed by atoms with Crippen molar-refractivity contribution in [2.75, 3.05) is 0 Å². The normalized spacial score (nSPS) is 11.7. The van der Waals surface area contributed by atoms with E-state index in [1.54, 1.807) is 12.1 Å². The number of benzene rings is 1. The Balaban J connectivity index is 2.26. The summed E-state index contributed by atoms with van der Waals surface area (Å²) in [5.74, 6) is -1.15. The van der Waals surface area contributed by atoms with Crippen LogP contribution >= 0.6 is 0 Å². The first-order valence-corrected chi connectivity index (χ1v) is 8.94. The summed E-state index contributed by atoms with van der Waals surface area (Å²) in [5.41, 5.74) is 0.755. The van der Waals surface area contributed by atoms with Crippen LogP contribution in [0.5, 0.6) is 5.75 Å². The van der Waals surface area contributed by atoms with Gasteiger partial charge in [-0.05, 0) is 37.0 Å². The monoisotopic (exact) mass is 347 g/mol. The highest BCUT2D eigenvalue weighted by atomic mass is 16.4. The first-order chi connectivity index (χ1) is 12.0. The van der Waals surface area contributed by atoms with Gasteiger partial charge in [0.05, 0.1) is 0 Å². The Morgan fingerprint density at radius 2 is 1.64 bits per heavy atom. The molecule has 1 rings (SSSR count). The molecule has 0 aromatic heterocycles. The minimum absolute atomic E-state index is 0.129. The molecule has 25 heavy (non-hydrogen) atoms.